The number of aldehydes is 1. The van der Waals surface area contributed by atoms with E-state index >= 15 is 0 Å². The fraction of sp³-hybridized carbons (Fsp3) is 0.396. The van der Waals surface area contributed by atoms with Gasteiger partial charge in [-0.15, -0.1) is 0 Å². The van der Waals surface area contributed by atoms with E-state index in [4.69, 9.17) is 23.5 Å². The van der Waals surface area contributed by atoms with E-state index in [1.54, 1.807) is 24.4 Å². The van der Waals surface area contributed by atoms with Crippen LogP contribution in [0.25, 0.3) is 27.8 Å². The molecule has 9 atom stereocenters. The maximum absolute atomic E-state index is 13.7. The van der Waals surface area contributed by atoms with Crippen molar-refractivity contribution in [2.75, 3.05) is 26.3 Å². The smallest absolute Gasteiger partial charge is 0.337 e. The molecule has 1 unspecified atom stereocenters. The number of phenolic OH excluding ortho intramolecular Hbond substituents is 1. The molecule has 4 aromatic rings. The third-order valence-corrected chi connectivity index (χ3v) is 12.0. The molecule has 0 bridgehead atoms. The maximum Gasteiger partial charge on any atom is 0.337 e. The summed E-state index contributed by atoms with van der Waals surface area (Å²) in [6.07, 6.45) is -6.56. The number of carbonyl (C=O) groups is 3. The molecule has 4 heterocycles. The summed E-state index contributed by atoms with van der Waals surface area (Å²) in [5, 5.41) is 89.8. The number of aliphatic hydroxyl groups is 6. The Morgan fingerprint density at radius 3 is 2.51 bits per heavy atom. The number of ether oxygens (including phenoxy) is 3. The van der Waals surface area contributed by atoms with E-state index in [-0.39, 0.29) is 72.1 Å². The first kappa shape index (κ1) is 49.7. The Bertz CT molecular complexity index is 2630. The highest BCUT2D eigenvalue weighted by Crippen LogP contribution is 2.40. The molecule has 3 aliphatic rings. The van der Waals surface area contributed by atoms with Crippen molar-refractivity contribution < 1.29 is 83.8 Å². The molecule has 0 aliphatic carbocycles. The fourth-order valence-corrected chi connectivity index (χ4v) is 8.55. The number of phenols is 1. The summed E-state index contributed by atoms with van der Waals surface area (Å²) in [4.78, 5) is 61.1. The highest BCUT2D eigenvalue weighted by molar-refractivity contribution is 5.98. The molecule has 3 aromatic carbocycles. The number of aryl methyl sites for hydroxylation is 2. The number of carboxylic acids is 1. The van der Waals surface area contributed by atoms with Gasteiger partial charge in [-0.1, -0.05) is 23.8 Å². The van der Waals surface area contributed by atoms with Crippen LogP contribution in [0.4, 0.5) is 0 Å². The standard InChI is InChI=1S/C48H53N3O17/c1-26-20-27(6-2-3-17-52)22-30(21-26)39-37-29(14-16-50-37)24-51(39)68-43-47(65-32-12-13-33-35(23-32)64-25-34(40(33)57)28-8-10-31(55)11-9-28)66-41(42(58)48(43,63)36(56)7-4-18-53)46(62)67-45(61)38(44(59)60)49-15-5-19-54/h8-14,16,19-23,25,36,38,41-43,46-47,49,52-53,55-56,58,62-63H,2-7,15,17-18,24H2,1H3,(H,59,60)/p+1/t36-,38-,41-,42+,43-,46+,47+,48-/m1/s1. The van der Waals surface area contributed by atoms with E-state index in [0.717, 1.165) is 16.7 Å². The van der Waals surface area contributed by atoms with Crippen molar-refractivity contribution in [2.45, 2.75) is 94.1 Å². The Labute approximate surface area is 388 Å². The number of nitrogens with one attached hydrogen (secondary N) is 2. The van der Waals surface area contributed by atoms with Crippen LogP contribution in [0.15, 0.2) is 98.5 Å². The van der Waals surface area contributed by atoms with Crippen LogP contribution >= 0.6 is 0 Å². The third kappa shape index (κ3) is 10.6. The van der Waals surface area contributed by atoms with Crippen LogP contribution in [0.5, 0.6) is 11.5 Å². The van der Waals surface area contributed by atoms with Crippen molar-refractivity contribution >= 4 is 41.1 Å². The summed E-state index contributed by atoms with van der Waals surface area (Å²) in [7, 11) is 0. The van der Waals surface area contributed by atoms with Crippen molar-refractivity contribution in [3.63, 3.8) is 0 Å². The molecule has 1 fully saturated rings. The number of carboxylic acid groups (broad SMARTS) is 1. The van der Waals surface area contributed by atoms with Crippen LogP contribution in [-0.4, -0.2) is 140 Å². The van der Waals surface area contributed by atoms with Gasteiger partial charge in [-0.3, -0.25) is 10.1 Å². The quantitative estimate of drug-likeness (QED) is 0.0165. The third-order valence-electron chi connectivity index (χ3n) is 12.0. The van der Waals surface area contributed by atoms with Crippen LogP contribution in [0.3, 0.4) is 0 Å². The van der Waals surface area contributed by atoms with Gasteiger partial charge in [0.25, 0.3) is 0 Å². The summed E-state index contributed by atoms with van der Waals surface area (Å²) in [6.45, 7) is 1.34. The van der Waals surface area contributed by atoms with Gasteiger partial charge in [-0.05, 0) is 92.6 Å². The monoisotopic (exact) mass is 944 g/mol. The number of benzene rings is 3. The van der Waals surface area contributed by atoms with E-state index in [1.165, 1.54) is 36.6 Å². The lowest BCUT2D eigenvalue weighted by Gasteiger charge is -2.51. The lowest BCUT2D eigenvalue weighted by molar-refractivity contribution is -1.04. The van der Waals surface area contributed by atoms with Crippen molar-refractivity contribution in [1.82, 2.24) is 5.32 Å². The average molecular weight is 945 g/mol. The Balaban J connectivity index is 1.30. The minimum Gasteiger partial charge on any atom is -0.508 e. The Hall–Kier alpha value is -6.17. The first-order valence-corrected chi connectivity index (χ1v) is 22.1. The number of carbonyl (C=O) groups excluding carboxylic acids is 2. The van der Waals surface area contributed by atoms with E-state index in [2.05, 4.69) is 10.3 Å². The predicted octanol–water partition coefficient (Wildman–Crippen LogP) is 0.190. The Morgan fingerprint density at radius 2 is 1.79 bits per heavy atom. The molecule has 1 aromatic heterocycles. The van der Waals surface area contributed by atoms with Gasteiger partial charge in [0.05, 0.1) is 17.1 Å². The number of unbranched alkanes of at least 4 members (excludes halogenated alkanes) is 1. The van der Waals surface area contributed by atoms with Crippen molar-refractivity contribution in [1.29, 1.82) is 0 Å². The molecule has 20 heteroatoms. The average Bonchev–Trinajstić information content (AvgIpc) is 3.91. The van der Waals surface area contributed by atoms with Crippen LogP contribution < -0.4 is 20.5 Å². The number of nitrogens with zero attached hydrogens (tertiary/aromatic N) is 1. The number of aliphatic hydroxyl groups excluding tert-OH is 5. The Kier molecular flexibility index (Phi) is 16.0. The van der Waals surface area contributed by atoms with Gasteiger partial charge in [0.2, 0.25) is 24.7 Å². The van der Waals surface area contributed by atoms with Crippen molar-refractivity contribution in [2.24, 2.45) is 4.99 Å². The first-order chi connectivity index (χ1) is 32.7. The van der Waals surface area contributed by atoms with Gasteiger partial charge >= 0.3 is 11.9 Å². The number of hydrogen-bond acceptors (Lipinski definition) is 18. The maximum atomic E-state index is 13.7. The number of aliphatic imine (C=N–C) groups is 1. The summed E-state index contributed by atoms with van der Waals surface area (Å²) < 4.78 is 23.5. The molecule has 3 aliphatic heterocycles. The number of hydrogen-bond donors (Lipinski definition) is 10. The molecule has 20 nitrogen and oxygen atoms in total. The van der Waals surface area contributed by atoms with Gasteiger partial charge < -0.3 is 64.3 Å². The van der Waals surface area contributed by atoms with Gasteiger partial charge in [0.1, 0.15) is 48.0 Å². The molecular weight excluding hydrogens is 891 g/mol. The number of hydroxylamine groups is 2. The number of aliphatic carboxylic acids is 1. The molecule has 1 saturated heterocycles. The minimum absolute atomic E-state index is 0.00372. The van der Waals surface area contributed by atoms with Gasteiger partial charge in [-0.2, -0.15) is 9.90 Å². The Morgan fingerprint density at radius 1 is 1.03 bits per heavy atom. The van der Waals surface area contributed by atoms with E-state index in [0.29, 0.717) is 48.1 Å². The number of esters is 1. The normalized spacial score (nSPS) is 23.5. The van der Waals surface area contributed by atoms with Gasteiger partial charge in [0, 0.05) is 49.6 Å². The lowest BCUT2D eigenvalue weighted by Crippen LogP contribution is -3.09. The highest BCUT2D eigenvalue weighted by Gasteiger charge is 2.65. The largest absolute Gasteiger partial charge is 0.508 e. The number of quaternary nitrogens is 1. The molecule has 0 radical (unpaired) electrons. The van der Waals surface area contributed by atoms with Gasteiger partial charge in [-0.25, -0.2) is 14.6 Å². The SMILES string of the molecule is Cc1cc(CCCCO)cc(C2=C3N=CC=C3C[NH+]2O[C@@H]2[C@@H](Oc3ccc4c(=O)c(-c5ccc(O)cc5)coc4c3)O[C@@H]([C@@H](O)OC(=O)[C@H](NCCC=O)C(=O)O)[C@H](O)[C@]2(O)[C@H](O)CCCO)c1. The molecule has 0 saturated carbocycles. The number of rotatable bonds is 22. The highest BCUT2D eigenvalue weighted by atomic mass is 16.8. The first-order valence-electron chi connectivity index (χ1n) is 22.1. The van der Waals surface area contributed by atoms with Crippen molar-refractivity contribution in [3.05, 3.63) is 111 Å². The zero-order valence-corrected chi connectivity index (χ0v) is 36.9. The van der Waals surface area contributed by atoms with Crippen LogP contribution in [0.1, 0.15) is 48.8 Å². The summed E-state index contributed by atoms with van der Waals surface area (Å²) in [5.74, 6) is -3.37. The molecular formula is C48H54N3O17+. The summed E-state index contributed by atoms with van der Waals surface area (Å²) in [6, 6.07) is 13.8. The fourth-order valence-electron chi connectivity index (χ4n) is 8.55. The number of aromatic hydroxyl groups is 1. The van der Waals surface area contributed by atoms with Gasteiger partial charge in [0.15, 0.2) is 22.8 Å². The molecule has 0 spiro atoms. The lowest BCUT2D eigenvalue weighted by atomic mass is 9.77. The molecule has 10 N–H and O–H groups in total. The number of fused-ring (bicyclic) bond motifs is 2. The van der Waals surface area contributed by atoms with E-state index in [9.17, 15) is 60.0 Å². The summed E-state index contributed by atoms with van der Waals surface area (Å²) >= 11 is 0. The molecule has 0 amide bonds. The second-order valence-corrected chi connectivity index (χ2v) is 16.7. The zero-order valence-electron chi connectivity index (χ0n) is 36.9. The minimum atomic E-state index is -2.91. The van der Waals surface area contributed by atoms with Crippen LogP contribution in [0, 0.1) is 6.92 Å². The second-order valence-electron chi connectivity index (χ2n) is 16.7. The molecule has 7 rings (SSSR count). The summed E-state index contributed by atoms with van der Waals surface area (Å²) in [5.41, 5.74) is 1.69. The zero-order chi connectivity index (χ0) is 48.7. The molecule has 362 valence electrons. The van der Waals surface area contributed by atoms with E-state index < -0.39 is 72.6 Å². The van der Waals surface area contributed by atoms with E-state index in [1.807, 2.05) is 25.1 Å². The van der Waals surface area contributed by atoms with Crippen LogP contribution in [0.2, 0.25) is 0 Å². The number of allylic oxidation sites excluding steroid dienone is 1. The topological polar surface area (TPSA) is 309 Å². The predicted molar refractivity (Wildman–Crippen MR) is 240 cm³/mol. The van der Waals surface area contributed by atoms with Crippen LogP contribution in [-0.2, 0) is 35.1 Å². The van der Waals surface area contributed by atoms with Crippen molar-refractivity contribution in [3.8, 4) is 22.6 Å². The molecule has 68 heavy (non-hydrogen) atoms. The second kappa shape index (κ2) is 21.8.